The summed E-state index contributed by atoms with van der Waals surface area (Å²) in [5.41, 5.74) is 0. The quantitative estimate of drug-likeness (QED) is 0.513. The van der Waals surface area contributed by atoms with Gasteiger partial charge in [-0.1, -0.05) is 0 Å². The third kappa shape index (κ3) is 3.25. The first-order chi connectivity index (χ1) is 7.54. The summed E-state index contributed by atoms with van der Waals surface area (Å²) < 4.78 is 4.33. The van der Waals surface area contributed by atoms with Gasteiger partial charge >= 0.3 is 5.97 Å². The molecule has 0 saturated heterocycles. The van der Waals surface area contributed by atoms with Crippen LogP contribution in [-0.2, 0) is 23.9 Å². The van der Waals surface area contributed by atoms with Crippen molar-refractivity contribution in [2.75, 3.05) is 7.11 Å². The van der Waals surface area contributed by atoms with E-state index in [2.05, 4.69) is 4.74 Å². The Balaban J connectivity index is 2.51. The van der Waals surface area contributed by atoms with Gasteiger partial charge < -0.3 is 4.74 Å². The maximum atomic E-state index is 11.4. The number of esters is 1. The lowest BCUT2D eigenvalue weighted by molar-refractivity contribution is -0.146. The minimum atomic E-state index is -0.828. The molecule has 0 amide bonds. The molecule has 5 nitrogen and oxygen atoms in total. The minimum absolute atomic E-state index is 0.160. The molecular weight excluding hydrogens is 212 g/mol. The molecule has 1 saturated carbocycles. The number of hydrogen-bond donors (Lipinski definition) is 0. The van der Waals surface area contributed by atoms with Crippen LogP contribution in [0.3, 0.4) is 0 Å². The third-order valence-electron chi connectivity index (χ3n) is 2.62. The Kier molecular flexibility index (Phi) is 4.34. The average Bonchev–Trinajstić information content (AvgIpc) is 2.23. The Morgan fingerprint density at radius 2 is 1.81 bits per heavy atom. The topological polar surface area (TPSA) is 77.5 Å². The van der Waals surface area contributed by atoms with Gasteiger partial charge in [0.1, 0.15) is 23.8 Å². The minimum Gasteiger partial charge on any atom is -0.469 e. The van der Waals surface area contributed by atoms with Crippen LogP contribution in [0.2, 0.25) is 0 Å². The molecule has 5 heteroatoms. The van der Waals surface area contributed by atoms with Gasteiger partial charge in [0, 0.05) is 19.3 Å². The van der Waals surface area contributed by atoms with Crippen molar-refractivity contribution in [2.45, 2.75) is 32.1 Å². The lowest BCUT2D eigenvalue weighted by Crippen LogP contribution is -2.31. The van der Waals surface area contributed by atoms with Gasteiger partial charge in [0.05, 0.1) is 13.0 Å². The van der Waals surface area contributed by atoms with Crippen molar-refractivity contribution < 1.29 is 23.9 Å². The summed E-state index contributed by atoms with van der Waals surface area (Å²) >= 11 is 0. The number of ether oxygens (including phenoxy) is 1. The van der Waals surface area contributed by atoms with E-state index in [0.717, 1.165) is 0 Å². The first-order valence-corrected chi connectivity index (χ1v) is 5.18. The van der Waals surface area contributed by atoms with Crippen LogP contribution in [0.5, 0.6) is 0 Å². The molecule has 1 aliphatic rings. The number of carbonyl (C=O) groups is 4. The highest BCUT2D eigenvalue weighted by Gasteiger charge is 2.31. The highest BCUT2D eigenvalue weighted by atomic mass is 16.5. The molecule has 0 bridgehead atoms. The molecule has 16 heavy (non-hydrogen) atoms. The zero-order valence-corrected chi connectivity index (χ0v) is 9.15. The molecule has 0 aliphatic heterocycles. The first kappa shape index (κ1) is 12.5. The maximum absolute atomic E-state index is 11.4. The molecule has 88 valence electrons. The predicted molar refractivity (Wildman–Crippen MR) is 53.6 cm³/mol. The van der Waals surface area contributed by atoms with Crippen molar-refractivity contribution in [1.82, 2.24) is 0 Å². The van der Waals surface area contributed by atoms with E-state index in [0.29, 0.717) is 19.3 Å². The molecule has 0 aromatic carbocycles. The van der Waals surface area contributed by atoms with E-state index in [1.54, 1.807) is 0 Å². The van der Waals surface area contributed by atoms with E-state index in [4.69, 9.17) is 0 Å². The molecule has 0 radical (unpaired) electrons. The van der Waals surface area contributed by atoms with Crippen LogP contribution >= 0.6 is 0 Å². The van der Waals surface area contributed by atoms with Crippen LogP contribution < -0.4 is 0 Å². The van der Waals surface area contributed by atoms with Crippen LogP contribution in [-0.4, -0.2) is 30.4 Å². The molecule has 0 heterocycles. The van der Waals surface area contributed by atoms with E-state index in [1.807, 2.05) is 0 Å². The molecule has 0 aromatic rings. The summed E-state index contributed by atoms with van der Waals surface area (Å²) in [6.07, 6.45) is 0.740. The van der Waals surface area contributed by atoms with Gasteiger partial charge in [-0.25, -0.2) is 0 Å². The Bertz CT molecular complexity index is 315. The number of ketones is 3. The Labute approximate surface area is 93.1 Å². The fourth-order valence-corrected chi connectivity index (χ4v) is 1.73. The van der Waals surface area contributed by atoms with Gasteiger partial charge in [-0.3, -0.25) is 19.2 Å². The zero-order chi connectivity index (χ0) is 12.1. The molecular formula is C11H14O5. The number of methoxy groups -OCH3 is 1. The largest absolute Gasteiger partial charge is 0.469 e. The number of Topliss-reactive ketones (excluding diaryl/α,β-unsaturated/α-hetero) is 3. The monoisotopic (exact) mass is 226 g/mol. The van der Waals surface area contributed by atoms with Crippen molar-refractivity contribution in [3.63, 3.8) is 0 Å². The van der Waals surface area contributed by atoms with E-state index >= 15 is 0 Å². The molecule has 1 fully saturated rings. The second-order valence-corrected chi connectivity index (χ2v) is 3.83. The van der Waals surface area contributed by atoms with E-state index in [1.165, 1.54) is 7.11 Å². The smallest absolute Gasteiger partial charge is 0.313 e. The summed E-state index contributed by atoms with van der Waals surface area (Å²) in [5.74, 6) is -2.25. The van der Waals surface area contributed by atoms with Crippen LogP contribution in [0.1, 0.15) is 32.1 Å². The van der Waals surface area contributed by atoms with Gasteiger partial charge in [0.25, 0.3) is 0 Å². The lowest BCUT2D eigenvalue weighted by Gasteiger charge is -2.18. The Hall–Kier alpha value is -1.52. The van der Waals surface area contributed by atoms with Crippen LogP contribution in [0.15, 0.2) is 0 Å². The molecule has 0 aromatic heterocycles. The molecule has 0 unspecified atom stereocenters. The van der Waals surface area contributed by atoms with Crippen molar-refractivity contribution in [3.05, 3.63) is 0 Å². The summed E-state index contributed by atoms with van der Waals surface area (Å²) in [6, 6.07) is 0. The summed E-state index contributed by atoms with van der Waals surface area (Å²) in [7, 11) is 1.19. The van der Waals surface area contributed by atoms with Crippen LogP contribution in [0, 0.1) is 5.92 Å². The standard InChI is InChI=1S/C11H14O5/c1-16-11(15)6-7(12)5-8-9(13)3-2-4-10(8)14/h8H,2-6H2,1H3. The van der Waals surface area contributed by atoms with Crippen LogP contribution in [0.25, 0.3) is 0 Å². The first-order valence-electron chi connectivity index (χ1n) is 5.18. The third-order valence-corrected chi connectivity index (χ3v) is 2.62. The summed E-state index contributed by atoms with van der Waals surface area (Å²) in [4.78, 5) is 45.0. The molecule has 0 atom stereocenters. The Morgan fingerprint density at radius 3 is 2.31 bits per heavy atom. The fraction of sp³-hybridized carbons (Fsp3) is 0.636. The second kappa shape index (κ2) is 5.53. The van der Waals surface area contributed by atoms with Gasteiger partial charge in [-0.2, -0.15) is 0 Å². The van der Waals surface area contributed by atoms with Gasteiger partial charge in [-0.05, 0) is 6.42 Å². The number of carbonyl (C=O) groups excluding carboxylic acids is 4. The van der Waals surface area contributed by atoms with Gasteiger partial charge in [0.15, 0.2) is 0 Å². The number of rotatable bonds is 4. The van der Waals surface area contributed by atoms with Crippen LogP contribution in [0.4, 0.5) is 0 Å². The molecule has 1 rings (SSSR count). The summed E-state index contributed by atoms with van der Waals surface area (Å²) in [5, 5.41) is 0. The normalized spacial score (nSPS) is 17.3. The predicted octanol–water partition coefficient (Wildman–Crippen LogP) is 0.447. The van der Waals surface area contributed by atoms with E-state index in [-0.39, 0.29) is 24.4 Å². The highest BCUT2D eigenvalue weighted by molar-refractivity contribution is 6.08. The average molecular weight is 226 g/mol. The van der Waals surface area contributed by atoms with Crippen molar-refractivity contribution in [1.29, 1.82) is 0 Å². The van der Waals surface area contributed by atoms with Crippen molar-refractivity contribution in [3.8, 4) is 0 Å². The van der Waals surface area contributed by atoms with Gasteiger partial charge in [-0.15, -0.1) is 0 Å². The fourth-order valence-electron chi connectivity index (χ4n) is 1.73. The zero-order valence-electron chi connectivity index (χ0n) is 9.15. The number of hydrogen-bond acceptors (Lipinski definition) is 5. The maximum Gasteiger partial charge on any atom is 0.313 e. The molecule has 0 spiro atoms. The lowest BCUT2D eigenvalue weighted by atomic mass is 9.83. The van der Waals surface area contributed by atoms with Gasteiger partial charge in [0.2, 0.25) is 0 Å². The van der Waals surface area contributed by atoms with Crippen molar-refractivity contribution in [2.24, 2.45) is 5.92 Å². The van der Waals surface area contributed by atoms with Crippen molar-refractivity contribution >= 4 is 23.3 Å². The van der Waals surface area contributed by atoms with E-state index < -0.39 is 17.7 Å². The van der Waals surface area contributed by atoms with E-state index in [9.17, 15) is 19.2 Å². The molecule has 0 N–H and O–H groups in total. The Morgan fingerprint density at radius 1 is 1.25 bits per heavy atom. The second-order valence-electron chi connectivity index (χ2n) is 3.83. The highest BCUT2D eigenvalue weighted by Crippen LogP contribution is 2.21. The summed E-state index contributed by atoms with van der Waals surface area (Å²) in [6.45, 7) is 0. The molecule has 1 aliphatic carbocycles. The SMILES string of the molecule is COC(=O)CC(=O)CC1C(=O)CCCC1=O.